The van der Waals surface area contributed by atoms with E-state index in [-0.39, 0.29) is 12.3 Å². The van der Waals surface area contributed by atoms with Gasteiger partial charge >= 0.3 is 0 Å². The lowest BCUT2D eigenvalue weighted by Crippen LogP contribution is -2.50. The average Bonchev–Trinajstić information content (AvgIpc) is 3.13. The summed E-state index contributed by atoms with van der Waals surface area (Å²) in [6.07, 6.45) is 2.40. The maximum absolute atomic E-state index is 12.6. The molecule has 0 aromatic carbocycles. The Balaban J connectivity index is 2.19. The van der Waals surface area contributed by atoms with Gasteiger partial charge < -0.3 is 15.4 Å². The highest BCUT2D eigenvalue weighted by Gasteiger charge is 2.66. The SMILES string of the molecule is CC1=C2C(=CC(C)(CNO)C2O)C(=O)C(C)(O)C12CC2. The zero-order valence-corrected chi connectivity index (χ0v) is 12.0. The molecule has 3 rings (SSSR count). The van der Waals surface area contributed by atoms with Crippen molar-refractivity contribution in [3.05, 3.63) is 22.8 Å². The molecule has 0 aliphatic heterocycles. The highest BCUT2D eigenvalue weighted by molar-refractivity contribution is 6.09. The summed E-state index contributed by atoms with van der Waals surface area (Å²) >= 11 is 0. The Morgan fingerprint density at radius 2 is 2.00 bits per heavy atom. The molecule has 3 atom stereocenters. The van der Waals surface area contributed by atoms with Crippen molar-refractivity contribution >= 4 is 5.78 Å². The van der Waals surface area contributed by atoms with Crippen LogP contribution in [0.4, 0.5) is 0 Å². The van der Waals surface area contributed by atoms with E-state index in [2.05, 4.69) is 5.48 Å². The first-order chi connectivity index (χ1) is 9.21. The highest BCUT2D eigenvalue weighted by atomic mass is 16.5. The number of hydrogen-bond acceptors (Lipinski definition) is 5. The molecular formula is C15H21NO4. The van der Waals surface area contributed by atoms with Gasteiger partial charge in [-0.2, -0.15) is 0 Å². The molecule has 5 heteroatoms. The van der Waals surface area contributed by atoms with Crippen molar-refractivity contribution in [1.29, 1.82) is 0 Å². The van der Waals surface area contributed by atoms with Crippen LogP contribution in [0.1, 0.15) is 33.6 Å². The minimum atomic E-state index is -1.40. The van der Waals surface area contributed by atoms with Crippen molar-refractivity contribution in [2.45, 2.75) is 45.3 Å². The summed E-state index contributed by atoms with van der Waals surface area (Å²) < 4.78 is 0. The van der Waals surface area contributed by atoms with Gasteiger partial charge in [-0.15, -0.1) is 0 Å². The summed E-state index contributed by atoms with van der Waals surface area (Å²) in [5.41, 5.74) is 1.41. The predicted molar refractivity (Wildman–Crippen MR) is 72.0 cm³/mol. The maximum atomic E-state index is 12.6. The predicted octanol–water partition coefficient (Wildman–Crippen LogP) is 0.703. The summed E-state index contributed by atoms with van der Waals surface area (Å²) in [5, 5.41) is 30.2. The van der Waals surface area contributed by atoms with E-state index in [0.717, 1.165) is 18.4 Å². The molecule has 0 saturated heterocycles. The summed E-state index contributed by atoms with van der Waals surface area (Å²) in [6, 6.07) is 0. The van der Waals surface area contributed by atoms with Gasteiger partial charge in [0.15, 0.2) is 5.78 Å². The Morgan fingerprint density at radius 1 is 1.40 bits per heavy atom. The van der Waals surface area contributed by atoms with Gasteiger partial charge in [0.2, 0.25) is 0 Å². The number of carbonyl (C=O) groups excluding carboxylic acids is 1. The maximum Gasteiger partial charge on any atom is 0.195 e. The minimum Gasteiger partial charge on any atom is -0.387 e. The van der Waals surface area contributed by atoms with Gasteiger partial charge in [0, 0.05) is 22.9 Å². The van der Waals surface area contributed by atoms with E-state index in [1.807, 2.05) is 6.92 Å². The number of hydroxylamine groups is 1. The van der Waals surface area contributed by atoms with Crippen LogP contribution in [0.25, 0.3) is 0 Å². The number of ketones is 1. The van der Waals surface area contributed by atoms with Crippen molar-refractivity contribution in [1.82, 2.24) is 5.48 Å². The van der Waals surface area contributed by atoms with Crippen molar-refractivity contribution < 1.29 is 20.2 Å². The Morgan fingerprint density at radius 3 is 2.50 bits per heavy atom. The third-order valence-corrected chi connectivity index (χ3v) is 5.61. The lowest BCUT2D eigenvalue weighted by molar-refractivity contribution is -0.138. The molecule has 20 heavy (non-hydrogen) atoms. The molecule has 0 aromatic rings. The molecule has 3 unspecified atom stereocenters. The second-order valence-corrected chi connectivity index (χ2v) is 6.82. The fraction of sp³-hybridized carbons (Fsp3) is 0.667. The number of rotatable bonds is 2. The van der Waals surface area contributed by atoms with E-state index in [1.54, 1.807) is 19.9 Å². The molecule has 0 heterocycles. The summed E-state index contributed by atoms with van der Waals surface area (Å²) in [4.78, 5) is 12.6. The molecule has 1 fully saturated rings. The fourth-order valence-corrected chi connectivity index (χ4v) is 3.97. The molecule has 110 valence electrons. The normalized spacial score (nSPS) is 42.0. The largest absolute Gasteiger partial charge is 0.387 e. The number of hydrogen-bond donors (Lipinski definition) is 4. The average molecular weight is 279 g/mol. The molecule has 0 bridgehead atoms. The monoisotopic (exact) mass is 279 g/mol. The second-order valence-electron chi connectivity index (χ2n) is 6.82. The topological polar surface area (TPSA) is 89.8 Å². The molecular weight excluding hydrogens is 258 g/mol. The van der Waals surface area contributed by atoms with Gasteiger partial charge in [0.25, 0.3) is 0 Å². The van der Waals surface area contributed by atoms with Crippen LogP contribution in [0.5, 0.6) is 0 Å². The molecule has 1 spiro atoms. The molecule has 4 N–H and O–H groups in total. The van der Waals surface area contributed by atoms with Gasteiger partial charge in [0.1, 0.15) is 5.60 Å². The van der Waals surface area contributed by atoms with Crippen molar-refractivity contribution in [2.24, 2.45) is 10.8 Å². The number of aliphatic hydroxyl groups excluding tert-OH is 1. The van der Waals surface area contributed by atoms with Gasteiger partial charge in [-0.05, 0) is 32.3 Å². The van der Waals surface area contributed by atoms with E-state index in [9.17, 15) is 15.0 Å². The third kappa shape index (κ3) is 1.39. The number of aliphatic hydroxyl groups is 2. The first kappa shape index (κ1) is 13.9. The minimum absolute atomic E-state index is 0.150. The van der Waals surface area contributed by atoms with Crippen LogP contribution < -0.4 is 5.48 Å². The van der Waals surface area contributed by atoms with E-state index < -0.39 is 22.5 Å². The Kier molecular flexibility index (Phi) is 2.65. The highest BCUT2D eigenvalue weighted by Crippen LogP contribution is 2.65. The van der Waals surface area contributed by atoms with Gasteiger partial charge in [-0.1, -0.05) is 18.6 Å². The van der Waals surface area contributed by atoms with Crippen LogP contribution in [-0.2, 0) is 4.79 Å². The van der Waals surface area contributed by atoms with Crippen LogP contribution in [0.15, 0.2) is 22.8 Å². The molecule has 3 aliphatic carbocycles. The van der Waals surface area contributed by atoms with E-state index in [1.165, 1.54) is 0 Å². The number of carbonyl (C=O) groups is 1. The smallest absolute Gasteiger partial charge is 0.195 e. The van der Waals surface area contributed by atoms with E-state index in [4.69, 9.17) is 5.21 Å². The zero-order chi connectivity index (χ0) is 14.9. The first-order valence-corrected chi connectivity index (χ1v) is 6.98. The third-order valence-electron chi connectivity index (χ3n) is 5.61. The molecule has 1 saturated carbocycles. The summed E-state index contributed by atoms with van der Waals surface area (Å²) in [7, 11) is 0. The quantitative estimate of drug-likeness (QED) is 0.559. The number of nitrogens with one attached hydrogen (secondary N) is 1. The van der Waals surface area contributed by atoms with Crippen LogP contribution in [0, 0.1) is 10.8 Å². The lowest BCUT2D eigenvalue weighted by Gasteiger charge is -2.39. The van der Waals surface area contributed by atoms with Crippen LogP contribution in [0.2, 0.25) is 0 Å². The second kappa shape index (κ2) is 3.80. The lowest BCUT2D eigenvalue weighted by atomic mass is 9.67. The first-order valence-electron chi connectivity index (χ1n) is 6.98. The van der Waals surface area contributed by atoms with Crippen LogP contribution >= 0.6 is 0 Å². The summed E-state index contributed by atoms with van der Waals surface area (Å²) in [5.74, 6) is -0.309. The van der Waals surface area contributed by atoms with Crippen molar-refractivity contribution in [3.8, 4) is 0 Å². The van der Waals surface area contributed by atoms with Gasteiger partial charge in [-0.25, -0.2) is 5.48 Å². The van der Waals surface area contributed by atoms with Gasteiger partial charge in [-0.3, -0.25) is 4.79 Å². The molecule has 0 radical (unpaired) electrons. The number of fused-ring (bicyclic) bond motifs is 1. The van der Waals surface area contributed by atoms with E-state index in [0.29, 0.717) is 11.1 Å². The van der Waals surface area contributed by atoms with E-state index >= 15 is 0 Å². The van der Waals surface area contributed by atoms with Crippen molar-refractivity contribution in [2.75, 3.05) is 6.54 Å². The van der Waals surface area contributed by atoms with Crippen molar-refractivity contribution in [3.63, 3.8) is 0 Å². The standard InChI is InChI=1S/C15H21NO4/c1-8-10-9(6-13(2,7-16-20)12(10)18)11(17)14(3,19)15(8)4-5-15/h6,12,16,18-20H,4-5,7H2,1-3H3. The Bertz CT molecular complexity index is 556. The zero-order valence-electron chi connectivity index (χ0n) is 12.0. The van der Waals surface area contributed by atoms with Crippen LogP contribution in [-0.4, -0.2) is 39.5 Å². The van der Waals surface area contributed by atoms with Crippen LogP contribution in [0.3, 0.4) is 0 Å². The Hall–Kier alpha value is -1.01. The molecule has 5 nitrogen and oxygen atoms in total. The van der Waals surface area contributed by atoms with Gasteiger partial charge in [0.05, 0.1) is 6.10 Å². The molecule has 0 amide bonds. The fourth-order valence-electron chi connectivity index (χ4n) is 3.97. The molecule has 3 aliphatic rings. The molecule has 0 aromatic heterocycles. The Labute approximate surface area is 117 Å². The number of Topliss-reactive ketones (excluding diaryl/α,β-unsaturated/α-hetero) is 1. The summed E-state index contributed by atoms with van der Waals surface area (Å²) in [6.45, 7) is 5.42.